The van der Waals surface area contributed by atoms with Crippen molar-refractivity contribution >= 4 is 29.4 Å². The summed E-state index contributed by atoms with van der Waals surface area (Å²) in [6, 6.07) is 9.16. The van der Waals surface area contributed by atoms with Crippen molar-refractivity contribution in [2.45, 2.75) is 6.54 Å². The summed E-state index contributed by atoms with van der Waals surface area (Å²) in [5.41, 5.74) is 4.73. The summed E-state index contributed by atoms with van der Waals surface area (Å²) in [4.78, 5) is 3.93. The number of benzene rings is 1. The highest BCUT2D eigenvalue weighted by Gasteiger charge is 2.03. The molecule has 0 amide bonds. The van der Waals surface area contributed by atoms with E-state index < -0.39 is 0 Å². The molecule has 1 aromatic heterocycles. The molecular weight excluding hydrogens is 269 g/mol. The highest BCUT2D eigenvalue weighted by molar-refractivity contribution is 6.35. The third-order valence-electron chi connectivity index (χ3n) is 2.33. The van der Waals surface area contributed by atoms with Gasteiger partial charge in [0, 0.05) is 28.0 Å². The van der Waals surface area contributed by atoms with Gasteiger partial charge in [0.05, 0.1) is 12.8 Å². The van der Waals surface area contributed by atoms with Gasteiger partial charge in [0.25, 0.3) is 0 Å². The summed E-state index contributed by atoms with van der Waals surface area (Å²) in [5.74, 6) is 0. The molecular formula is C13H11Cl2N3. The lowest BCUT2D eigenvalue weighted by Crippen LogP contribution is -2.06. The summed E-state index contributed by atoms with van der Waals surface area (Å²) < 4.78 is 0. The highest BCUT2D eigenvalue weighted by atomic mass is 35.5. The predicted octanol–water partition coefficient (Wildman–Crippen LogP) is 3.51. The normalized spacial score (nSPS) is 10.8. The number of nitrogens with zero attached hydrogens (tertiary/aromatic N) is 2. The molecule has 0 aliphatic heterocycles. The third kappa shape index (κ3) is 3.45. The molecule has 18 heavy (non-hydrogen) atoms. The molecule has 2 rings (SSSR count). The highest BCUT2D eigenvalue weighted by Crippen LogP contribution is 2.23. The van der Waals surface area contributed by atoms with E-state index in [1.54, 1.807) is 30.7 Å². The Morgan fingerprint density at radius 2 is 1.78 bits per heavy atom. The summed E-state index contributed by atoms with van der Waals surface area (Å²) in [6.45, 7) is 0.486. The van der Waals surface area contributed by atoms with E-state index in [0.29, 0.717) is 16.6 Å². The van der Waals surface area contributed by atoms with Crippen LogP contribution in [0.25, 0.3) is 0 Å². The van der Waals surface area contributed by atoms with Crippen LogP contribution < -0.4 is 5.43 Å². The molecule has 0 aliphatic carbocycles. The van der Waals surface area contributed by atoms with E-state index >= 15 is 0 Å². The van der Waals surface area contributed by atoms with Gasteiger partial charge in [-0.25, -0.2) is 0 Å². The average molecular weight is 280 g/mol. The lowest BCUT2D eigenvalue weighted by molar-refractivity contribution is 0.748. The van der Waals surface area contributed by atoms with E-state index in [1.807, 2.05) is 18.2 Å². The molecule has 1 aromatic carbocycles. The van der Waals surface area contributed by atoms with Crippen molar-refractivity contribution in [3.63, 3.8) is 0 Å². The minimum absolute atomic E-state index is 0.486. The zero-order chi connectivity index (χ0) is 12.8. The molecule has 1 heterocycles. The first-order valence-electron chi connectivity index (χ1n) is 5.36. The molecule has 0 saturated carbocycles. The number of hydrazone groups is 1. The Morgan fingerprint density at radius 3 is 2.44 bits per heavy atom. The fraction of sp³-hybridized carbons (Fsp3) is 0.0769. The van der Waals surface area contributed by atoms with Gasteiger partial charge in [-0.05, 0) is 29.8 Å². The number of hydrogen-bond donors (Lipinski definition) is 1. The van der Waals surface area contributed by atoms with E-state index in [9.17, 15) is 0 Å². The number of nitrogens with one attached hydrogen (secondary N) is 1. The van der Waals surface area contributed by atoms with Crippen molar-refractivity contribution in [1.29, 1.82) is 0 Å². The third-order valence-corrected chi connectivity index (χ3v) is 3.04. The zero-order valence-corrected chi connectivity index (χ0v) is 11.0. The van der Waals surface area contributed by atoms with Gasteiger partial charge in [-0.2, -0.15) is 5.10 Å². The number of rotatable bonds is 4. The summed E-state index contributed by atoms with van der Waals surface area (Å²) in [6.07, 6.45) is 5.14. The number of hydrogen-bond acceptors (Lipinski definition) is 3. The molecule has 0 radical (unpaired) electrons. The van der Waals surface area contributed by atoms with Crippen LogP contribution in [0, 0.1) is 0 Å². The molecule has 3 nitrogen and oxygen atoms in total. The van der Waals surface area contributed by atoms with Gasteiger partial charge in [0.1, 0.15) is 0 Å². The minimum Gasteiger partial charge on any atom is -0.306 e. The minimum atomic E-state index is 0.486. The Hall–Kier alpha value is -1.58. The van der Waals surface area contributed by atoms with E-state index in [2.05, 4.69) is 15.5 Å². The summed E-state index contributed by atoms with van der Waals surface area (Å²) in [5, 5.41) is 5.37. The van der Waals surface area contributed by atoms with Crippen LogP contribution in [0.15, 0.2) is 47.8 Å². The summed E-state index contributed by atoms with van der Waals surface area (Å²) >= 11 is 12.1. The summed E-state index contributed by atoms with van der Waals surface area (Å²) in [7, 11) is 0. The van der Waals surface area contributed by atoms with Crippen molar-refractivity contribution in [1.82, 2.24) is 10.4 Å². The van der Waals surface area contributed by atoms with Crippen LogP contribution in [0.2, 0.25) is 10.0 Å². The smallest absolute Gasteiger partial charge is 0.0609 e. The van der Waals surface area contributed by atoms with E-state index in [-0.39, 0.29) is 0 Å². The first kappa shape index (κ1) is 12.9. The maximum absolute atomic E-state index is 6.04. The molecule has 0 atom stereocenters. The van der Waals surface area contributed by atoms with Crippen LogP contribution in [-0.2, 0) is 6.54 Å². The molecule has 0 aliphatic rings. The largest absolute Gasteiger partial charge is 0.306 e. The van der Waals surface area contributed by atoms with Crippen molar-refractivity contribution in [3.8, 4) is 0 Å². The fourth-order valence-corrected chi connectivity index (χ4v) is 1.93. The maximum Gasteiger partial charge on any atom is 0.0609 e. The Labute approximate surface area is 115 Å². The van der Waals surface area contributed by atoms with Crippen molar-refractivity contribution in [2.75, 3.05) is 0 Å². The van der Waals surface area contributed by atoms with Crippen LogP contribution in [0.3, 0.4) is 0 Å². The van der Waals surface area contributed by atoms with E-state index in [4.69, 9.17) is 23.2 Å². The maximum atomic E-state index is 6.04. The van der Waals surface area contributed by atoms with E-state index in [1.165, 1.54) is 0 Å². The Balaban J connectivity index is 1.95. The molecule has 0 saturated heterocycles. The van der Waals surface area contributed by atoms with Crippen LogP contribution >= 0.6 is 23.2 Å². The molecule has 2 aromatic rings. The molecule has 0 spiro atoms. The number of pyridine rings is 1. The van der Waals surface area contributed by atoms with Crippen LogP contribution in [-0.4, -0.2) is 11.2 Å². The topological polar surface area (TPSA) is 37.3 Å². The SMILES string of the molecule is Clc1cccc(Cl)c1CN/N=C/c1ccncc1. The van der Waals surface area contributed by atoms with Crippen LogP contribution in [0.1, 0.15) is 11.1 Å². The molecule has 1 N–H and O–H groups in total. The van der Waals surface area contributed by atoms with Crippen LogP contribution in [0.5, 0.6) is 0 Å². The molecule has 5 heteroatoms. The number of aromatic nitrogens is 1. The monoisotopic (exact) mass is 279 g/mol. The van der Waals surface area contributed by atoms with Crippen molar-refractivity contribution in [2.24, 2.45) is 5.10 Å². The fourth-order valence-electron chi connectivity index (χ4n) is 1.40. The first-order chi connectivity index (χ1) is 8.77. The second-order valence-electron chi connectivity index (χ2n) is 3.57. The zero-order valence-electron chi connectivity index (χ0n) is 9.48. The second kappa shape index (κ2) is 6.38. The Kier molecular flexibility index (Phi) is 4.56. The Bertz CT molecular complexity index is 521. The lowest BCUT2D eigenvalue weighted by Gasteiger charge is -2.05. The molecule has 0 bridgehead atoms. The van der Waals surface area contributed by atoms with Crippen molar-refractivity contribution in [3.05, 3.63) is 63.9 Å². The lowest BCUT2D eigenvalue weighted by atomic mass is 10.2. The average Bonchev–Trinajstić information content (AvgIpc) is 2.38. The molecule has 0 fully saturated rings. The van der Waals surface area contributed by atoms with Gasteiger partial charge >= 0.3 is 0 Å². The Morgan fingerprint density at radius 1 is 1.11 bits per heavy atom. The first-order valence-corrected chi connectivity index (χ1v) is 6.12. The molecule has 92 valence electrons. The standard InChI is InChI=1S/C13H11Cl2N3/c14-12-2-1-3-13(15)11(12)9-18-17-8-10-4-6-16-7-5-10/h1-8,18H,9H2/b17-8+. The van der Waals surface area contributed by atoms with Gasteiger partial charge in [-0.1, -0.05) is 29.3 Å². The van der Waals surface area contributed by atoms with Gasteiger partial charge in [-0.15, -0.1) is 0 Å². The van der Waals surface area contributed by atoms with Crippen LogP contribution in [0.4, 0.5) is 0 Å². The van der Waals surface area contributed by atoms with Gasteiger partial charge < -0.3 is 5.43 Å². The molecule has 0 unspecified atom stereocenters. The van der Waals surface area contributed by atoms with Gasteiger partial charge in [-0.3, -0.25) is 4.98 Å². The second-order valence-corrected chi connectivity index (χ2v) is 4.39. The number of halogens is 2. The quantitative estimate of drug-likeness (QED) is 0.687. The predicted molar refractivity (Wildman–Crippen MR) is 75.1 cm³/mol. The van der Waals surface area contributed by atoms with E-state index in [0.717, 1.165) is 11.1 Å². The van der Waals surface area contributed by atoms with Crippen molar-refractivity contribution < 1.29 is 0 Å². The van der Waals surface area contributed by atoms with Gasteiger partial charge in [0.2, 0.25) is 0 Å². The van der Waals surface area contributed by atoms with Gasteiger partial charge in [0.15, 0.2) is 0 Å².